The molecule has 0 heterocycles. The molecule has 0 radical (unpaired) electrons. The van der Waals surface area contributed by atoms with Gasteiger partial charge in [-0.2, -0.15) is 0 Å². The van der Waals surface area contributed by atoms with Crippen LogP contribution in [0.25, 0.3) is 0 Å². The van der Waals surface area contributed by atoms with Crippen LogP contribution >= 0.6 is 31.9 Å². The van der Waals surface area contributed by atoms with E-state index in [4.69, 9.17) is 0 Å². The number of rotatable bonds is 5. The van der Waals surface area contributed by atoms with E-state index >= 15 is 0 Å². The van der Waals surface area contributed by atoms with E-state index in [0.717, 1.165) is 24.3 Å². The highest BCUT2D eigenvalue weighted by molar-refractivity contribution is 9.11. The number of nitrogens with one attached hydrogen (secondary N) is 1. The molecule has 2 aliphatic carbocycles. The molecule has 2 aliphatic rings. The van der Waals surface area contributed by atoms with E-state index in [-0.39, 0.29) is 0 Å². The number of hydrogen-bond acceptors (Lipinski definition) is 1. The van der Waals surface area contributed by atoms with Crippen molar-refractivity contribution in [3.63, 3.8) is 0 Å². The number of fused-ring (bicyclic) bond motifs is 1. The fourth-order valence-electron chi connectivity index (χ4n) is 3.62. The lowest BCUT2D eigenvalue weighted by molar-refractivity contribution is 0.341. The van der Waals surface area contributed by atoms with E-state index in [1.54, 1.807) is 0 Å². The van der Waals surface area contributed by atoms with Gasteiger partial charge in [-0.3, -0.25) is 0 Å². The molecule has 0 spiro atoms. The molecule has 0 amide bonds. The monoisotopic (exact) mass is 385 g/mol. The van der Waals surface area contributed by atoms with Gasteiger partial charge in [0, 0.05) is 15.0 Å². The van der Waals surface area contributed by atoms with Crippen molar-refractivity contribution in [2.45, 2.75) is 38.6 Å². The molecule has 1 N–H and O–H groups in total. The van der Waals surface area contributed by atoms with Crippen molar-refractivity contribution in [1.82, 2.24) is 5.32 Å². The largest absolute Gasteiger partial charge is 0.310 e. The van der Waals surface area contributed by atoms with Gasteiger partial charge in [-0.1, -0.05) is 38.8 Å². The maximum atomic E-state index is 3.79. The van der Waals surface area contributed by atoms with Crippen LogP contribution in [-0.2, 0) is 0 Å². The molecule has 3 rings (SSSR count). The standard InChI is InChI=1S/C16H21Br2N/c1-2-5-19-16(12-7-10-6-11(10)8-12)14-9-13(17)3-4-15(14)18/h3-4,9-12,16,19H,2,5-8H2,1H3. The van der Waals surface area contributed by atoms with Crippen molar-refractivity contribution in [3.05, 3.63) is 32.7 Å². The zero-order chi connectivity index (χ0) is 13.4. The van der Waals surface area contributed by atoms with Gasteiger partial charge < -0.3 is 5.32 Å². The minimum Gasteiger partial charge on any atom is -0.310 e. The molecule has 2 fully saturated rings. The first-order valence-corrected chi connectivity index (χ1v) is 8.96. The Kier molecular flexibility index (Phi) is 4.35. The van der Waals surface area contributed by atoms with Crippen molar-refractivity contribution in [1.29, 1.82) is 0 Å². The topological polar surface area (TPSA) is 12.0 Å². The molecular weight excluding hydrogens is 366 g/mol. The van der Waals surface area contributed by atoms with Gasteiger partial charge in [-0.05, 0) is 73.7 Å². The molecule has 3 atom stereocenters. The summed E-state index contributed by atoms with van der Waals surface area (Å²) in [6.45, 7) is 3.35. The van der Waals surface area contributed by atoms with Gasteiger partial charge in [0.25, 0.3) is 0 Å². The summed E-state index contributed by atoms with van der Waals surface area (Å²) < 4.78 is 2.42. The maximum Gasteiger partial charge on any atom is 0.0360 e. The van der Waals surface area contributed by atoms with Gasteiger partial charge in [0.15, 0.2) is 0 Å². The summed E-state index contributed by atoms with van der Waals surface area (Å²) in [5, 5.41) is 3.79. The highest BCUT2D eigenvalue weighted by Crippen LogP contribution is 2.57. The summed E-state index contributed by atoms with van der Waals surface area (Å²) in [4.78, 5) is 0. The zero-order valence-electron chi connectivity index (χ0n) is 11.3. The van der Waals surface area contributed by atoms with Crippen LogP contribution in [0.5, 0.6) is 0 Å². The first-order valence-electron chi connectivity index (χ1n) is 7.37. The number of halogens is 2. The van der Waals surface area contributed by atoms with Crippen LogP contribution in [0, 0.1) is 17.8 Å². The Morgan fingerprint density at radius 2 is 1.95 bits per heavy atom. The zero-order valence-corrected chi connectivity index (χ0v) is 14.5. The van der Waals surface area contributed by atoms with E-state index in [9.17, 15) is 0 Å². The van der Waals surface area contributed by atoms with Crippen molar-refractivity contribution < 1.29 is 0 Å². The lowest BCUT2D eigenvalue weighted by atomic mass is 9.89. The second-order valence-corrected chi connectivity index (χ2v) is 7.85. The molecular formula is C16H21Br2N. The van der Waals surface area contributed by atoms with Crippen LogP contribution in [0.4, 0.5) is 0 Å². The average Bonchev–Trinajstić information content (AvgIpc) is 3.01. The fourth-order valence-corrected chi connectivity index (χ4v) is 4.49. The number of benzene rings is 1. The lowest BCUT2D eigenvalue weighted by Crippen LogP contribution is -2.29. The van der Waals surface area contributed by atoms with Gasteiger partial charge in [0.05, 0.1) is 0 Å². The van der Waals surface area contributed by atoms with Crippen LogP contribution in [0.3, 0.4) is 0 Å². The molecule has 0 aliphatic heterocycles. The van der Waals surface area contributed by atoms with Gasteiger partial charge in [0.1, 0.15) is 0 Å². The molecule has 2 saturated carbocycles. The Labute approximate surface area is 132 Å². The van der Waals surface area contributed by atoms with E-state index in [1.807, 2.05) is 0 Å². The predicted molar refractivity (Wildman–Crippen MR) is 87.2 cm³/mol. The van der Waals surface area contributed by atoms with Crippen LogP contribution in [0.1, 0.15) is 44.2 Å². The fraction of sp³-hybridized carbons (Fsp3) is 0.625. The Balaban J connectivity index is 1.82. The highest BCUT2D eigenvalue weighted by atomic mass is 79.9. The normalized spacial score (nSPS) is 30.2. The summed E-state index contributed by atoms with van der Waals surface area (Å²) in [5.41, 5.74) is 1.43. The second kappa shape index (κ2) is 5.87. The molecule has 1 aromatic carbocycles. The van der Waals surface area contributed by atoms with Crippen LogP contribution in [0.15, 0.2) is 27.1 Å². The molecule has 19 heavy (non-hydrogen) atoms. The third-order valence-electron chi connectivity index (χ3n) is 4.66. The molecule has 1 aromatic rings. The Morgan fingerprint density at radius 1 is 1.21 bits per heavy atom. The van der Waals surface area contributed by atoms with Crippen LogP contribution in [-0.4, -0.2) is 6.54 Å². The molecule has 104 valence electrons. The van der Waals surface area contributed by atoms with Gasteiger partial charge in [-0.25, -0.2) is 0 Å². The summed E-state index contributed by atoms with van der Waals surface area (Å²) in [5.74, 6) is 2.91. The van der Waals surface area contributed by atoms with Crippen molar-refractivity contribution >= 4 is 31.9 Å². The van der Waals surface area contributed by atoms with Crippen molar-refractivity contribution in [2.24, 2.45) is 17.8 Å². The molecule has 1 nitrogen and oxygen atoms in total. The molecule has 3 unspecified atom stereocenters. The number of hydrogen-bond donors (Lipinski definition) is 1. The molecule has 0 saturated heterocycles. The Morgan fingerprint density at radius 3 is 2.63 bits per heavy atom. The quantitative estimate of drug-likeness (QED) is 0.723. The predicted octanol–water partition coefficient (Wildman–Crippen LogP) is 5.30. The summed E-state index contributed by atoms with van der Waals surface area (Å²) in [6.07, 6.45) is 5.54. The van der Waals surface area contributed by atoms with Crippen molar-refractivity contribution in [3.8, 4) is 0 Å². The van der Waals surface area contributed by atoms with E-state index in [1.165, 1.54) is 40.2 Å². The highest BCUT2D eigenvalue weighted by Gasteiger charge is 2.48. The van der Waals surface area contributed by atoms with Crippen LogP contribution < -0.4 is 5.32 Å². The van der Waals surface area contributed by atoms with Gasteiger partial charge in [0.2, 0.25) is 0 Å². The SMILES string of the molecule is CCCNC(c1cc(Br)ccc1Br)C1CC2CC2C1. The van der Waals surface area contributed by atoms with E-state index < -0.39 is 0 Å². The molecule has 0 bridgehead atoms. The van der Waals surface area contributed by atoms with Gasteiger partial charge in [-0.15, -0.1) is 0 Å². The Bertz CT molecular complexity index is 450. The third-order valence-corrected chi connectivity index (χ3v) is 5.87. The van der Waals surface area contributed by atoms with E-state index in [0.29, 0.717) is 6.04 Å². The maximum absolute atomic E-state index is 3.79. The van der Waals surface area contributed by atoms with Crippen molar-refractivity contribution in [2.75, 3.05) is 6.54 Å². The first kappa shape index (κ1) is 14.1. The van der Waals surface area contributed by atoms with Crippen LogP contribution in [0.2, 0.25) is 0 Å². The molecule has 3 heteroatoms. The summed E-state index contributed by atoms with van der Waals surface area (Å²) in [7, 11) is 0. The smallest absolute Gasteiger partial charge is 0.0360 e. The minimum atomic E-state index is 0.514. The van der Waals surface area contributed by atoms with Gasteiger partial charge >= 0.3 is 0 Å². The summed E-state index contributed by atoms with van der Waals surface area (Å²) in [6, 6.07) is 7.06. The Hall–Kier alpha value is 0.140. The molecule has 0 aromatic heterocycles. The minimum absolute atomic E-state index is 0.514. The third kappa shape index (κ3) is 3.08. The first-order chi connectivity index (χ1) is 9.19. The lowest BCUT2D eigenvalue weighted by Gasteiger charge is -2.27. The average molecular weight is 387 g/mol. The second-order valence-electron chi connectivity index (χ2n) is 6.08. The van der Waals surface area contributed by atoms with E-state index in [2.05, 4.69) is 62.3 Å². The summed E-state index contributed by atoms with van der Waals surface area (Å²) >= 11 is 7.35.